The van der Waals surface area contributed by atoms with E-state index in [9.17, 15) is 19.2 Å². The van der Waals surface area contributed by atoms with Crippen molar-refractivity contribution in [2.45, 2.75) is 18.9 Å². The summed E-state index contributed by atoms with van der Waals surface area (Å²) in [5, 5.41) is 3.68. The lowest BCUT2D eigenvalue weighted by atomic mass is 10.2. The quantitative estimate of drug-likeness (QED) is 0.114. The van der Waals surface area contributed by atoms with Crippen LogP contribution < -0.4 is 11.2 Å². The van der Waals surface area contributed by atoms with Gasteiger partial charge in [-0.25, -0.2) is 14.4 Å². The minimum Gasteiger partial charge on any atom is -0.459 e. The van der Waals surface area contributed by atoms with Gasteiger partial charge < -0.3 is 14.2 Å². The van der Waals surface area contributed by atoms with Crippen molar-refractivity contribution in [1.82, 2.24) is 9.55 Å². The lowest BCUT2D eigenvalue weighted by Crippen LogP contribution is -2.36. The standard InChI is InChI=1S/C24H22BrN5O7/c25-11-20(28-29-26)19-12-30(24(34)27-21(19)31)15-37-18(13-35-22(32)16-7-3-1-4-8-16)14-36-23(33)17-9-5-2-6-10-17/h1-10,12,18,20H,11,13-15H2,(H,27,31,34). The molecule has 0 bridgehead atoms. The SMILES string of the molecule is [N-]=[N+]=NC(CBr)c1cn(COC(COC(=O)c2ccccc2)COC(=O)c2ccccc2)c(=O)[nH]c1=O. The zero-order valence-electron chi connectivity index (χ0n) is 19.4. The molecule has 1 atom stereocenters. The van der Waals surface area contributed by atoms with Crippen LogP contribution in [0.2, 0.25) is 0 Å². The Morgan fingerprint density at radius 1 is 0.973 bits per heavy atom. The Labute approximate surface area is 218 Å². The summed E-state index contributed by atoms with van der Waals surface area (Å²) in [4.78, 5) is 54.1. The Hall–Kier alpha value is -4.19. The lowest BCUT2D eigenvalue weighted by molar-refractivity contribution is -0.0636. The summed E-state index contributed by atoms with van der Waals surface area (Å²) in [5.74, 6) is -1.22. The van der Waals surface area contributed by atoms with Gasteiger partial charge in [0.15, 0.2) is 0 Å². The van der Waals surface area contributed by atoms with Crippen LogP contribution in [-0.4, -0.2) is 46.1 Å². The molecule has 1 N–H and O–H groups in total. The Morgan fingerprint density at radius 2 is 1.51 bits per heavy atom. The van der Waals surface area contributed by atoms with Crippen molar-refractivity contribution in [1.29, 1.82) is 0 Å². The van der Waals surface area contributed by atoms with Crippen molar-refractivity contribution in [3.8, 4) is 0 Å². The molecule has 192 valence electrons. The van der Waals surface area contributed by atoms with E-state index < -0.39 is 35.3 Å². The number of rotatable bonds is 12. The van der Waals surface area contributed by atoms with E-state index in [-0.39, 0.29) is 30.8 Å². The highest BCUT2D eigenvalue weighted by Gasteiger charge is 2.19. The molecule has 0 saturated heterocycles. The maximum atomic E-state index is 12.4. The molecule has 3 rings (SSSR count). The molecule has 0 amide bonds. The summed E-state index contributed by atoms with van der Waals surface area (Å²) in [5.41, 5.74) is 7.95. The van der Waals surface area contributed by atoms with Gasteiger partial charge in [0.25, 0.3) is 5.56 Å². The number of aromatic nitrogens is 2. The molecule has 0 radical (unpaired) electrons. The minimum atomic E-state index is -0.952. The summed E-state index contributed by atoms with van der Waals surface area (Å²) in [6.07, 6.45) is 0.261. The normalized spacial score (nSPS) is 11.4. The summed E-state index contributed by atoms with van der Waals surface area (Å²) in [6.45, 7) is -0.961. The number of hydrogen-bond donors (Lipinski definition) is 1. The lowest BCUT2D eigenvalue weighted by Gasteiger charge is -2.19. The number of carbonyl (C=O) groups is 2. The van der Waals surface area contributed by atoms with Gasteiger partial charge in [0.1, 0.15) is 26.0 Å². The fraction of sp³-hybridized carbons (Fsp3) is 0.250. The summed E-state index contributed by atoms with van der Waals surface area (Å²) >= 11 is 3.17. The minimum absolute atomic E-state index is 0.0421. The molecule has 1 unspecified atom stereocenters. The average Bonchev–Trinajstić information content (AvgIpc) is 2.93. The van der Waals surface area contributed by atoms with E-state index in [4.69, 9.17) is 19.7 Å². The highest BCUT2D eigenvalue weighted by Crippen LogP contribution is 2.15. The first-order chi connectivity index (χ1) is 17.9. The van der Waals surface area contributed by atoms with Crippen LogP contribution >= 0.6 is 15.9 Å². The summed E-state index contributed by atoms with van der Waals surface area (Å²) in [7, 11) is 0. The highest BCUT2D eigenvalue weighted by molar-refractivity contribution is 9.09. The van der Waals surface area contributed by atoms with E-state index in [0.29, 0.717) is 11.1 Å². The molecule has 3 aromatic rings. The number of nitrogens with zero attached hydrogens (tertiary/aromatic N) is 4. The maximum absolute atomic E-state index is 12.4. The van der Waals surface area contributed by atoms with Crippen LogP contribution in [0.15, 0.2) is 81.6 Å². The molecule has 0 aliphatic carbocycles. The third-order valence-corrected chi connectivity index (χ3v) is 5.62. The molecule has 0 saturated carbocycles. The molecule has 37 heavy (non-hydrogen) atoms. The smallest absolute Gasteiger partial charge is 0.338 e. The van der Waals surface area contributed by atoms with E-state index in [2.05, 4.69) is 30.9 Å². The predicted molar refractivity (Wildman–Crippen MR) is 135 cm³/mol. The first-order valence-electron chi connectivity index (χ1n) is 10.9. The Morgan fingerprint density at radius 3 is 2.00 bits per heavy atom. The number of alkyl halides is 1. The number of H-pyrrole nitrogens is 1. The van der Waals surface area contributed by atoms with Crippen LogP contribution in [-0.2, 0) is 20.9 Å². The molecule has 2 aromatic carbocycles. The molecule has 13 heteroatoms. The van der Waals surface area contributed by atoms with Crippen LogP contribution in [0.1, 0.15) is 32.3 Å². The number of benzene rings is 2. The first-order valence-corrected chi connectivity index (χ1v) is 12.0. The van der Waals surface area contributed by atoms with E-state index >= 15 is 0 Å². The van der Waals surface area contributed by atoms with Gasteiger partial charge in [0, 0.05) is 22.0 Å². The molecule has 1 heterocycles. The molecular formula is C24H22BrN5O7. The Kier molecular flexibility index (Phi) is 10.2. The van der Waals surface area contributed by atoms with Gasteiger partial charge in [-0.3, -0.25) is 14.3 Å². The second kappa shape index (κ2) is 13.8. The van der Waals surface area contributed by atoms with Crippen molar-refractivity contribution >= 4 is 27.9 Å². The van der Waals surface area contributed by atoms with Crippen molar-refractivity contribution in [2.75, 3.05) is 18.5 Å². The van der Waals surface area contributed by atoms with E-state index in [1.165, 1.54) is 6.20 Å². The highest BCUT2D eigenvalue weighted by atomic mass is 79.9. The van der Waals surface area contributed by atoms with Gasteiger partial charge in [-0.15, -0.1) is 0 Å². The maximum Gasteiger partial charge on any atom is 0.338 e. The molecule has 0 spiro atoms. The van der Waals surface area contributed by atoms with Crippen LogP contribution in [0.3, 0.4) is 0 Å². The Balaban J connectivity index is 1.74. The average molecular weight is 572 g/mol. The van der Waals surface area contributed by atoms with Gasteiger partial charge in [-0.2, -0.15) is 0 Å². The number of ether oxygens (including phenoxy) is 3. The van der Waals surface area contributed by atoms with Gasteiger partial charge in [-0.05, 0) is 29.8 Å². The second-order valence-electron chi connectivity index (χ2n) is 7.54. The molecule has 1 aromatic heterocycles. The van der Waals surface area contributed by atoms with Crippen molar-refractivity contribution in [3.05, 3.63) is 115 Å². The largest absolute Gasteiger partial charge is 0.459 e. The summed E-state index contributed by atoms with van der Waals surface area (Å²) < 4.78 is 17.4. The fourth-order valence-electron chi connectivity index (χ4n) is 3.08. The Bertz CT molecular complexity index is 1320. The number of hydrogen-bond acceptors (Lipinski definition) is 8. The topological polar surface area (TPSA) is 165 Å². The summed E-state index contributed by atoms with van der Waals surface area (Å²) in [6, 6.07) is 15.7. The molecule has 0 aliphatic heterocycles. The number of nitrogens with one attached hydrogen (secondary N) is 1. The van der Waals surface area contributed by atoms with Crippen LogP contribution in [0.4, 0.5) is 0 Å². The van der Waals surface area contributed by atoms with Gasteiger partial charge in [0.05, 0.1) is 17.2 Å². The first kappa shape index (κ1) is 27.4. The zero-order valence-corrected chi connectivity index (χ0v) is 20.9. The van der Waals surface area contributed by atoms with Gasteiger partial charge in [-0.1, -0.05) is 57.4 Å². The predicted octanol–water partition coefficient (Wildman–Crippen LogP) is 3.34. The van der Waals surface area contributed by atoms with Gasteiger partial charge in [0.2, 0.25) is 0 Å². The molecule has 12 nitrogen and oxygen atoms in total. The third-order valence-electron chi connectivity index (χ3n) is 5.00. The van der Waals surface area contributed by atoms with E-state index in [1.807, 2.05) is 0 Å². The van der Waals surface area contributed by atoms with Crippen LogP contribution in [0, 0.1) is 0 Å². The number of halogens is 1. The van der Waals surface area contributed by atoms with Gasteiger partial charge >= 0.3 is 17.6 Å². The van der Waals surface area contributed by atoms with E-state index in [1.54, 1.807) is 60.7 Å². The second-order valence-corrected chi connectivity index (χ2v) is 8.18. The molecule has 0 aliphatic rings. The van der Waals surface area contributed by atoms with E-state index in [0.717, 1.165) is 4.57 Å². The third kappa shape index (κ3) is 7.90. The number of aromatic amines is 1. The fourth-order valence-corrected chi connectivity index (χ4v) is 3.56. The number of esters is 2. The molecular weight excluding hydrogens is 550 g/mol. The number of azide groups is 1. The van der Waals surface area contributed by atoms with Crippen LogP contribution in [0.5, 0.6) is 0 Å². The number of carbonyl (C=O) groups excluding carboxylic acids is 2. The van der Waals surface area contributed by atoms with Crippen molar-refractivity contribution in [2.24, 2.45) is 5.11 Å². The molecule has 0 fully saturated rings. The zero-order chi connectivity index (χ0) is 26.6. The van der Waals surface area contributed by atoms with Crippen molar-refractivity contribution in [3.63, 3.8) is 0 Å². The monoisotopic (exact) mass is 571 g/mol. The van der Waals surface area contributed by atoms with Crippen molar-refractivity contribution < 1.29 is 23.8 Å². The van der Waals surface area contributed by atoms with Crippen LogP contribution in [0.25, 0.3) is 10.4 Å².